The molecule has 13 heteroatoms. The van der Waals surface area contributed by atoms with Crippen LogP contribution in [0.1, 0.15) is 16.7 Å². The maximum Gasteiger partial charge on any atom is 3.00 e. The predicted octanol–water partition coefficient (Wildman–Crippen LogP) is 1.40. The first-order valence-corrected chi connectivity index (χ1v) is 12.8. The second-order valence-electron chi connectivity index (χ2n) is 8.40. The number of carbonyl (C=O) groups is 3. The molecule has 46 heavy (non-hydrogen) atoms. The Bertz CT molecular complexity index is 1270. The van der Waals surface area contributed by atoms with E-state index < -0.39 is 17.9 Å². The van der Waals surface area contributed by atoms with E-state index in [1.54, 1.807) is 54.6 Å². The van der Waals surface area contributed by atoms with Gasteiger partial charge in [0, 0.05) is 18.2 Å². The van der Waals surface area contributed by atoms with Crippen LogP contribution in [0.5, 0.6) is 34.5 Å². The van der Waals surface area contributed by atoms with Crippen molar-refractivity contribution in [2.75, 3.05) is 42.7 Å². The number of ether oxygens (including phenoxy) is 6. The number of carboxylic acids is 3. The van der Waals surface area contributed by atoms with Crippen LogP contribution in [0, 0.1) is 49.4 Å². The van der Waals surface area contributed by atoms with E-state index in [2.05, 4.69) is 0 Å². The van der Waals surface area contributed by atoms with Crippen LogP contribution < -0.4 is 43.7 Å². The Morgan fingerprint density at radius 3 is 0.717 bits per heavy atom. The number of aliphatic carboxylic acids is 3. The summed E-state index contributed by atoms with van der Waals surface area (Å²) in [6.07, 6.45) is 7.11. The van der Waals surface area contributed by atoms with E-state index >= 15 is 0 Å². The van der Waals surface area contributed by atoms with Crippen LogP contribution in [0.25, 0.3) is 18.2 Å². The zero-order valence-corrected chi connectivity index (χ0v) is 28.4. The van der Waals surface area contributed by atoms with Crippen molar-refractivity contribution in [2.45, 2.75) is 0 Å². The third-order valence-corrected chi connectivity index (χ3v) is 5.36. The Morgan fingerprint density at radius 1 is 0.413 bits per heavy atom. The summed E-state index contributed by atoms with van der Waals surface area (Å²) in [4.78, 5) is 30.7. The van der Waals surface area contributed by atoms with Crippen molar-refractivity contribution in [1.29, 1.82) is 0 Å². The molecule has 3 aromatic rings. The molecule has 0 radical (unpaired) electrons. The van der Waals surface area contributed by atoms with E-state index in [0.29, 0.717) is 51.2 Å². The molecule has 0 atom stereocenters. The Kier molecular flexibility index (Phi) is 20.9. The van der Waals surface area contributed by atoms with Gasteiger partial charge >= 0.3 is 49.4 Å². The molecule has 0 unspecified atom stereocenters. The Labute approximate surface area is 308 Å². The van der Waals surface area contributed by atoms with E-state index in [1.807, 2.05) is 0 Å². The molecule has 0 aliphatic heterocycles. The van der Waals surface area contributed by atoms with Gasteiger partial charge < -0.3 is 58.1 Å². The van der Waals surface area contributed by atoms with Crippen LogP contribution in [-0.2, 0) is 14.4 Å². The smallest absolute Gasteiger partial charge is 0.545 e. The van der Waals surface area contributed by atoms with Gasteiger partial charge in [0.15, 0.2) is 0 Å². The fraction of sp³-hybridized carbons (Fsp3) is 0.182. The van der Waals surface area contributed by atoms with Gasteiger partial charge in [0.25, 0.3) is 0 Å². The van der Waals surface area contributed by atoms with Gasteiger partial charge in [0.05, 0.1) is 60.6 Å². The molecule has 0 heterocycles. The summed E-state index contributed by atoms with van der Waals surface area (Å²) >= 11 is 0. The van der Waals surface area contributed by atoms with E-state index in [9.17, 15) is 29.7 Å². The molecule has 0 aromatic heterocycles. The number of hydrogen-bond donors (Lipinski definition) is 0. The average molecular weight is 774 g/mol. The molecule has 3 rings (SSSR count). The first kappa shape index (κ1) is 41.7. The largest absolute Gasteiger partial charge is 3.00 e. The molecule has 0 fully saturated rings. The van der Waals surface area contributed by atoms with Crippen LogP contribution in [-0.4, -0.2) is 60.6 Å². The zero-order valence-electron chi connectivity index (χ0n) is 25.9. The molecule has 244 valence electrons. The van der Waals surface area contributed by atoms with Crippen molar-refractivity contribution < 1.29 is 108 Å². The van der Waals surface area contributed by atoms with Crippen LogP contribution in [0.15, 0.2) is 72.8 Å². The van der Waals surface area contributed by atoms with Gasteiger partial charge in [-0.25, -0.2) is 0 Å². The van der Waals surface area contributed by atoms with E-state index in [0.717, 1.165) is 18.2 Å². The number of carbonyl (C=O) groups excluding carboxylic acids is 3. The quantitative estimate of drug-likeness (QED) is 0.243. The van der Waals surface area contributed by atoms with Gasteiger partial charge in [-0.3, -0.25) is 0 Å². The van der Waals surface area contributed by atoms with Gasteiger partial charge in [0.2, 0.25) is 0 Å². The van der Waals surface area contributed by atoms with Gasteiger partial charge in [-0.2, -0.15) is 0 Å². The van der Waals surface area contributed by atoms with E-state index in [-0.39, 0.29) is 49.4 Å². The molecule has 0 N–H and O–H groups in total. The first-order valence-electron chi connectivity index (χ1n) is 12.8. The molecule has 0 aliphatic rings. The van der Waals surface area contributed by atoms with Crippen molar-refractivity contribution in [3.63, 3.8) is 0 Å². The fourth-order valence-electron chi connectivity index (χ4n) is 3.27. The fourth-order valence-corrected chi connectivity index (χ4v) is 3.27. The maximum atomic E-state index is 10.2. The Morgan fingerprint density at radius 2 is 0.587 bits per heavy atom. The number of benzene rings is 3. The SMILES string of the molecule is COc1cc(/C=C/C(=O)[O-])cc(OC)c1.COc1cc(/C=C/C(=O)[O-])cc(OC)c1.COc1cc(/C=C/C(=O)[O-])cc(OC)c1.[Eu+3]. The molecule has 0 aliphatic carbocycles. The topological polar surface area (TPSA) is 176 Å². The third-order valence-electron chi connectivity index (χ3n) is 5.36. The molecular formula is C33H33EuO12. The number of carboxylic acid groups (broad SMARTS) is 3. The van der Waals surface area contributed by atoms with Crippen LogP contribution >= 0.6 is 0 Å². The number of methoxy groups -OCH3 is 6. The second kappa shape index (κ2) is 23.1. The van der Waals surface area contributed by atoms with Crippen molar-refractivity contribution in [3.05, 3.63) is 89.5 Å². The minimum Gasteiger partial charge on any atom is -0.545 e. The molecule has 12 nitrogen and oxygen atoms in total. The molecule has 0 spiro atoms. The summed E-state index contributed by atoms with van der Waals surface area (Å²) in [6, 6.07) is 15.3. The molecule has 0 saturated carbocycles. The Hall–Kier alpha value is -4.33. The van der Waals surface area contributed by atoms with Gasteiger partial charge in [-0.05, 0) is 71.3 Å². The summed E-state index contributed by atoms with van der Waals surface area (Å²) in [5.74, 6) is -0.0931. The second-order valence-corrected chi connectivity index (χ2v) is 8.40. The minimum atomic E-state index is -1.24. The Balaban J connectivity index is 0.000000653. The summed E-state index contributed by atoms with van der Waals surface area (Å²) in [7, 11) is 9.17. The predicted molar refractivity (Wildman–Crippen MR) is 161 cm³/mol. The summed E-state index contributed by atoms with van der Waals surface area (Å²) < 4.78 is 30.2. The first-order chi connectivity index (χ1) is 21.5. The minimum absolute atomic E-state index is 0. The summed E-state index contributed by atoms with van der Waals surface area (Å²) in [5, 5.41) is 30.7. The van der Waals surface area contributed by atoms with Crippen LogP contribution in [0.4, 0.5) is 0 Å². The standard InChI is InChI=1S/3C11H12O4.Eu/c3*1-14-9-5-8(3-4-11(12)13)6-10(7-9)15-2;/h3*3-7H,1-2H3,(H,12,13);/q;;;+3/p-3/b3*4-3+;. The summed E-state index contributed by atoms with van der Waals surface area (Å²) in [6.45, 7) is 0. The normalized spacial score (nSPS) is 10.0. The van der Waals surface area contributed by atoms with Gasteiger partial charge in [-0.1, -0.05) is 18.2 Å². The molecule has 0 amide bonds. The van der Waals surface area contributed by atoms with Crippen molar-refractivity contribution in [2.24, 2.45) is 0 Å². The average Bonchev–Trinajstić information content (AvgIpc) is 3.05. The van der Waals surface area contributed by atoms with Gasteiger partial charge in [-0.15, -0.1) is 0 Å². The molecule has 3 aromatic carbocycles. The van der Waals surface area contributed by atoms with Gasteiger partial charge in [0.1, 0.15) is 34.5 Å². The van der Waals surface area contributed by atoms with E-state index in [4.69, 9.17) is 28.4 Å². The molecule has 0 saturated heterocycles. The summed E-state index contributed by atoms with van der Waals surface area (Å²) in [5.41, 5.74) is 2.03. The van der Waals surface area contributed by atoms with E-state index in [1.165, 1.54) is 60.9 Å². The molecule has 0 bridgehead atoms. The maximum absolute atomic E-state index is 10.2. The number of hydrogen-bond acceptors (Lipinski definition) is 12. The van der Waals surface area contributed by atoms with Crippen molar-refractivity contribution in [3.8, 4) is 34.5 Å². The molecular weight excluding hydrogens is 740 g/mol. The van der Waals surface area contributed by atoms with Crippen molar-refractivity contribution in [1.82, 2.24) is 0 Å². The monoisotopic (exact) mass is 774 g/mol. The number of rotatable bonds is 12. The van der Waals surface area contributed by atoms with Crippen LogP contribution in [0.3, 0.4) is 0 Å². The van der Waals surface area contributed by atoms with Crippen LogP contribution in [0.2, 0.25) is 0 Å². The zero-order chi connectivity index (χ0) is 33.8. The van der Waals surface area contributed by atoms with Crippen molar-refractivity contribution >= 4 is 36.1 Å². The third kappa shape index (κ3) is 17.2.